The third-order valence-electron chi connectivity index (χ3n) is 4.59. The molecule has 0 spiro atoms. The fourth-order valence-corrected chi connectivity index (χ4v) is 3.43. The third-order valence-corrected chi connectivity index (χ3v) is 4.59. The van der Waals surface area contributed by atoms with Gasteiger partial charge in [-0.25, -0.2) is 0 Å². The molecule has 6 nitrogen and oxygen atoms in total. The molecule has 3 aliphatic rings. The molecular weight excluding hydrogens is 258 g/mol. The highest BCUT2D eigenvalue weighted by Gasteiger charge is 2.35. The molecule has 0 aliphatic carbocycles. The lowest BCUT2D eigenvalue weighted by atomic mass is 9.85. The topological polar surface area (TPSA) is 70.7 Å². The van der Waals surface area contributed by atoms with Crippen LogP contribution >= 0.6 is 0 Å². The number of amides is 2. The summed E-state index contributed by atoms with van der Waals surface area (Å²) in [5, 5.41) is 6.37. The van der Waals surface area contributed by atoms with Crippen molar-refractivity contribution in [3.63, 3.8) is 0 Å². The van der Waals surface area contributed by atoms with Crippen molar-refractivity contribution in [3.05, 3.63) is 0 Å². The summed E-state index contributed by atoms with van der Waals surface area (Å²) in [5.41, 5.74) is 0. The maximum atomic E-state index is 12.3. The van der Waals surface area contributed by atoms with E-state index in [9.17, 15) is 9.59 Å². The Kier molecular flexibility index (Phi) is 4.21. The number of hydrogen-bond acceptors (Lipinski definition) is 4. The highest BCUT2D eigenvalue weighted by Crippen LogP contribution is 2.25. The van der Waals surface area contributed by atoms with E-state index in [0.717, 1.165) is 39.1 Å². The Balaban J connectivity index is 1.50. The second-order valence-electron chi connectivity index (χ2n) is 6.03. The molecular formula is C14H23N3O3. The molecule has 3 atom stereocenters. The summed E-state index contributed by atoms with van der Waals surface area (Å²) in [6.07, 6.45) is 2.91. The number of rotatable bonds is 2. The van der Waals surface area contributed by atoms with Crippen LogP contribution < -0.4 is 10.6 Å². The number of piperidine rings is 2. The normalized spacial score (nSPS) is 34.3. The summed E-state index contributed by atoms with van der Waals surface area (Å²) < 4.78 is 5.39. The van der Waals surface area contributed by atoms with Crippen molar-refractivity contribution in [2.45, 2.75) is 37.8 Å². The predicted molar refractivity (Wildman–Crippen MR) is 73.1 cm³/mol. The van der Waals surface area contributed by atoms with Gasteiger partial charge in [0.15, 0.2) is 0 Å². The van der Waals surface area contributed by atoms with Crippen molar-refractivity contribution in [3.8, 4) is 0 Å². The fourth-order valence-electron chi connectivity index (χ4n) is 3.43. The van der Waals surface area contributed by atoms with Crippen LogP contribution in [0.5, 0.6) is 0 Å². The molecule has 0 saturated carbocycles. The molecule has 3 saturated heterocycles. The molecule has 0 aromatic carbocycles. The SMILES string of the molecule is O=C1CCC2CN(C(=O)CC3COCCN3)CCC2N1. The summed E-state index contributed by atoms with van der Waals surface area (Å²) in [6, 6.07) is 0.427. The van der Waals surface area contributed by atoms with Crippen LogP contribution in [-0.2, 0) is 14.3 Å². The summed E-state index contributed by atoms with van der Waals surface area (Å²) in [7, 11) is 0. The van der Waals surface area contributed by atoms with Gasteiger partial charge < -0.3 is 20.3 Å². The summed E-state index contributed by atoms with van der Waals surface area (Å²) in [5.74, 6) is 0.805. The van der Waals surface area contributed by atoms with E-state index < -0.39 is 0 Å². The van der Waals surface area contributed by atoms with Crippen LogP contribution in [0, 0.1) is 5.92 Å². The Labute approximate surface area is 119 Å². The van der Waals surface area contributed by atoms with Crippen molar-refractivity contribution >= 4 is 11.8 Å². The van der Waals surface area contributed by atoms with Crippen LogP contribution in [0.2, 0.25) is 0 Å². The molecule has 0 aromatic heterocycles. The van der Waals surface area contributed by atoms with Crippen molar-refractivity contribution in [2.24, 2.45) is 5.92 Å². The number of hydrogen-bond donors (Lipinski definition) is 2. The summed E-state index contributed by atoms with van der Waals surface area (Å²) >= 11 is 0. The Morgan fingerprint density at radius 2 is 2.30 bits per heavy atom. The van der Waals surface area contributed by atoms with Gasteiger partial charge in [0.05, 0.1) is 13.2 Å². The number of nitrogens with one attached hydrogen (secondary N) is 2. The van der Waals surface area contributed by atoms with Crippen LogP contribution in [0.15, 0.2) is 0 Å². The lowest BCUT2D eigenvalue weighted by molar-refractivity contribution is -0.135. The highest BCUT2D eigenvalue weighted by atomic mass is 16.5. The molecule has 3 rings (SSSR count). The van der Waals surface area contributed by atoms with Gasteiger partial charge in [0, 0.05) is 44.6 Å². The number of morpholine rings is 1. The van der Waals surface area contributed by atoms with Crippen molar-refractivity contribution in [2.75, 3.05) is 32.8 Å². The number of carbonyl (C=O) groups is 2. The highest BCUT2D eigenvalue weighted by molar-refractivity contribution is 5.78. The van der Waals surface area contributed by atoms with Gasteiger partial charge in [-0.15, -0.1) is 0 Å². The van der Waals surface area contributed by atoms with E-state index in [1.807, 2.05) is 4.90 Å². The number of nitrogens with zero attached hydrogens (tertiary/aromatic N) is 1. The molecule has 0 bridgehead atoms. The van der Waals surface area contributed by atoms with E-state index in [1.165, 1.54) is 0 Å². The first-order chi connectivity index (χ1) is 9.72. The predicted octanol–water partition coefficient (Wildman–Crippen LogP) is -0.508. The zero-order valence-corrected chi connectivity index (χ0v) is 11.8. The molecule has 112 valence electrons. The summed E-state index contributed by atoms with van der Waals surface area (Å²) in [6.45, 7) is 3.74. The Morgan fingerprint density at radius 3 is 3.10 bits per heavy atom. The van der Waals surface area contributed by atoms with Crippen LogP contribution in [0.1, 0.15) is 25.7 Å². The van der Waals surface area contributed by atoms with Crippen molar-refractivity contribution in [1.29, 1.82) is 0 Å². The van der Waals surface area contributed by atoms with Gasteiger partial charge in [-0.1, -0.05) is 0 Å². The minimum atomic E-state index is 0.153. The van der Waals surface area contributed by atoms with E-state index in [-0.39, 0.29) is 23.9 Å². The Hall–Kier alpha value is -1.14. The zero-order chi connectivity index (χ0) is 13.9. The van der Waals surface area contributed by atoms with Crippen molar-refractivity contribution in [1.82, 2.24) is 15.5 Å². The molecule has 3 unspecified atom stereocenters. The second-order valence-corrected chi connectivity index (χ2v) is 6.03. The van der Waals surface area contributed by atoms with Gasteiger partial charge >= 0.3 is 0 Å². The zero-order valence-electron chi connectivity index (χ0n) is 11.8. The number of likely N-dealkylation sites (tertiary alicyclic amines) is 1. The molecule has 2 amide bonds. The maximum Gasteiger partial charge on any atom is 0.224 e. The smallest absolute Gasteiger partial charge is 0.224 e. The molecule has 3 fully saturated rings. The third kappa shape index (κ3) is 3.12. The molecule has 3 heterocycles. The first-order valence-electron chi connectivity index (χ1n) is 7.60. The van der Waals surface area contributed by atoms with Crippen LogP contribution in [0.4, 0.5) is 0 Å². The first-order valence-corrected chi connectivity index (χ1v) is 7.60. The lowest BCUT2D eigenvalue weighted by Crippen LogP contribution is -2.55. The minimum absolute atomic E-state index is 0.153. The molecule has 20 heavy (non-hydrogen) atoms. The molecule has 0 aromatic rings. The van der Waals surface area contributed by atoms with Gasteiger partial charge in [0.2, 0.25) is 11.8 Å². The summed E-state index contributed by atoms with van der Waals surface area (Å²) in [4.78, 5) is 25.7. The standard InChI is InChI=1S/C14H23N3O3/c18-13-2-1-10-8-17(5-3-12(10)16-13)14(19)7-11-9-20-6-4-15-11/h10-12,15H,1-9H2,(H,16,18). The Bertz CT molecular complexity index is 382. The first kappa shape index (κ1) is 13.8. The Morgan fingerprint density at radius 1 is 1.40 bits per heavy atom. The molecule has 0 radical (unpaired) electrons. The average molecular weight is 281 g/mol. The molecule has 3 aliphatic heterocycles. The largest absolute Gasteiger partial charge is 0.378 e. The van der Waals surface area contributed by atoms with Gasteiger partial charge in [0.1, 0.15) is 0 Å². The van der Waals surface area contributed by atoms with Gasteiger partial charge in [-0.2, -0.15) is 0 Å². The fraction of sp³-hybridized carbons (Fsp3) is 0.857. The van der Waals surface area contributed by atoms with E-state index in [1.54, 1.807) is 0 Å². The number of ether oxygens (including phenoxy) is 1. The minimum Gasteiger partial charge on any atom is -0.378 e. The van der Waals surface area contributed by atoms with Gasteiger partial charge in [-0.05, 0) is 18.8 Å². The van der Waals surface area contributed by atoms with Crippen LogP contribution in [0.3, 0.4) is 0 Å². The van der Waals surface area contributed by atoms with Gasteiger partial charge in [0.25, 0.3) is 0 Å². The van der Waals surface area contributed by atoms with Crippen LogP contribution in [0.25, 0.3) is 0 Å². The van der Waals surface area contributed by atoms with Gasteiger partial charge in [-0.3, -0.25) is 9.59 Å². The van der Waals surface area contributed by atoms with Crippen LogP contribution in [-0.4, -0.2) is 61.6 Å². The lowest BCUT2D eigenvalue weighted by Gasteiger charge is -2.41. The van der Waals surface area contributed by atoms with Crippen molar-refractivity contribution < 1.29 is 14.3 Å². The van der Waals surface area contributed by atoms with E-state index >= 15 is 0 Å². The average Bonchev–Trinajstić information content (AvgIpc) is 2.47. The molecule has 2 N–H and O–H groups in total. The number of carbonyl (C=O) groups excluding carboxylic acids is 2. The monoisotopic (exact) mass is 281 g/mol. The molecule has 6 heteroatoms. The quantitative estimate of drug-likeness (QED) is 0.715. The van der Waals surface area contributed by atoms with E-state index in [0.29, 0.717) is 25.4 Å². The number of fused-ring (bicyclic) bond motifs is 1. The van der Waals surface area contributed by atoms with E-state index in [2.05, 4.69) is 10.6 Å². The maximum absolute atomic E-state index is 12.3. The van der Waals surface area contributed by atoms with E-state index in [4.69, 9.17) is 4.74 Å². The second kappa shape index (κ2) is 6.10.